The Bertz CT molecular complexity index is 1260. The highest BCUT2D eigenvalue weighted by molar-refractivity contribution is 14.1. The van der Waals surface area contributed by atoms with Crippen LogP contribution in [-0.2, 0) is 16.1 Å². The molecule has 4 rings (SSSR count). The van der Waals surface area contributed by atoms with Gasteiger partial charge in [-0.3, -0.25) is 0 Å². The van der Waals surface area contributed by atoms with E-state index in [1.807, 2.05) is 48.5 Å². The molecule has 8 heteroatoms. The van der Waals surface area contributed by atoms with Crippen LogP contribution in [0.4, 0.5) is 0 Å². The van der Waals surface area contributed by atoms with Crippen LogP contribution in [0.25, 0.3) is 6.08 Å². The highest BCUT2D eigenvalue weighted by Gasteiger charge is 2.24. The van der Waals surface area contributed by atoms with E-state index in [9.17, 15) is 4.79 Å². The van der Waals surface area contributed by atoms with Crippen LogP contribution in [0, 0.1) is 3.57 Å². The summed E-state index contributed by atoms with van der Waals surface area (Å²) in [5.41, 5.74) is 2.53. The molecule has 0 amide bonds. The summed E-state index contributed by atoms with van der Waals surface area (Å²) in [4.78, 5) is 16.7. The zero-order chi connectivity index (χ0) is 22.7. The molecule has 3 aromatic rings. The SMILES string of the molecule is COc1cc(/C=C2\N=C(c3ccc(I)c(Br)c3)OC2=O)ccc1OCc1ccccc1Cl. The van der Waals surface area contributed by atoms with Gasteiger partial charge in [0.25, 0.3) is 0 Å². The Kier molecular flexibility index (Phi) is 7.17. The summed E-state index contributed by atoms with van der Waals surface area (Å²) < 4.78 is 18.7. The summed E-state index contributed by atoms with van der Waals surface area (Å²) in [6.45, 7) is 0.308. The van der Waals surface area contributed by atoms with Gasteiger partial charge >= 0.3 is 5.97 Å². The van der Waals surface area contributed by atoms with Gasteiger partial charge in [-0.25, -0.2) is 9.79 Å². The van der Waals surface area contributed by atoms with Crippen LogP contribution in [0.2, 0.25) is 5.02 Å². The van der Waals surface area contributed by atoms with Gasteiger partial charge in [-0.2, -0.15) is 0 Å². The quantitative estimate of drug-likeness (QED) is 0.175. The average molecular weight is 625 g/mol. The number of nitrogens with zero attached hydrogens (tertiary/aromatic N) is 1. The number of carbonyl (C=O) groups is 1. The van der Waals surface area contributed by atoms with Gasteiger partial charge in [0.15, 0.2) is 17.2 Å². The lowest BCUT2D eigenvalue weighted by Gasteiger charge is -2.12. The third-order valence-corrected chi connectivity index (χ3v) is 7.33. The number of aliphatic imine (C=N–C) groups is 1. The fraction of sp³-hybridized carbons (Fsp3) is 0.0833. The van der Waals surface area contributed by atoms with E-state index in [0.29, 0.717) is 23.1 Å². The van der Waals surface area contributed by atoms with E-state index in [2.05, 4.69) is 43.5 Å². The standard InChI is InChI=1S/C24H16BrClINO4/c1-30-22-11-14(6-9-21(22)31-13-16-4-2-3-5-18(16)26)10-20-24(29)32-23(28-20)15-7-8-19(27)17(25)12-15/h2-12H,13H2,1H3/b20-10-. The Morgan fingerprint density at radius 3 is 2.69 bits per heavy atom. The number of rotatable bonds is 6. The van der Waals surface area contributed by atoms with E-state index < -0.39 is 5.97 Å². The molecular formula is C24H16BrClINO4. The molecule has 0 unspecified atom stereocenters. The molecule has 0 N–H and O–H groups in total. The predicted molar refractivity (Wildman–Crippen MR) is 136 cm³/mol. The van der Waals surface area contributed by atoms with E-state index in [0.717, 1.165) is 24.7 Å². The normalized spacial score (nSPS) is 14.3. The molecular weight excluding hydrogens is 609 g/mol. The number of hydrogen-bond donors (Lipinski definition) is 0. The van der Waals surface area contributed by atoms with E-state index in [4.69, 9.17) is 25.8 Å². The first-order valence-electron chi connectivity index (χ1n) is 9.47. The summed E-state index contributed by atoms with van der Waals surface area (Å²) in [5, 5.41) is 0.640. The van der Waals surface area contributed by atoms with Crippen LogP contribution >= 0.6 is 50.1 Å². The Morgan fingerprint density at radius 1 is 1.12 bits per heavy atom. The molecule has 1 heterocycles. The van der Waals surface area contributed by atoms with Crippen molar-refractivity contribution in [3.8, 4) is 11.5 Å². The van der Waals surface area contributed by atoms with Crippen LogP contribution in [0.15, 0.2) is 75.8 Å². The number of halogens is 3. The fourth-order valence-electron chi connectivity index (χ4n) is 2.98. The van der Waals surface area contributed by atoms with Gasteiger partial charge in [-0.1, -0.05) is 35.9 Å². The van der Waals surface area contributed by atoms with Crippen molar-refractivity contribution in [1.82, 2.24) is 0 Å². The van der Waals surface area contributed by atoms with Crippen LogP contribution in [0.1, 0.15) is 16.7 Å². The number of esters is 1. The van der Waals surface area contributed by atoms with Gasteiger partial charge in [-0.05, 0) is 86.6 Å². The Hall–Kier alpha value is -2.36. The molecule has 0 radical (unpaired) electrons. The molecule has 0 atom stereocenters. The second kappa shape index (κ2) is 10.1. The summed E-state index contributed by atoms with van der Waals surface area (Å²) in [5.74, 6) is 0.859. The Labute approximate surface area is 212 Å². The van der Waals surface area contributed by atoms with Crippen molar-refractivity contribution < 1.29 is 19.0 Å². The van der Waals surface area contributed by atoms with Crippen molar-refractivity contribution in [3.63, 3.8) is 0 Å². The minimum absolute atomic E-state index is 0.210. The maximum atomic E-state index is 12.3. The van der Waals surface area contributed by atoms with Gasteiger partial charge < -0.3 is 14.2 Å². The van der Waals surface area contributed by atoms with Crippen LogP contribution in [0.5, 0.6) is 11.5 Å². The van der Waals surface area contributed by atoms with Gasteiger partial charge in [0, 0.05) is 24.2 Å². The molecule has 0 spiro atoms. The Morgan fingerprint density at radius 2 is 1.94 bits per heavy atom. The minimum atomic E-state index is -0.507. The third-order valence-electron chi connectivity index (χ3n) is 4.62. The van der Waals surface area contributed by atoms with Gasteiger partial charge in [0.1, 0.15) is 6.61 Å². The molecule has 1 aliphatic rings. The van der Waals surface area contributed by atoms with Gasteiger partial charge in [0.05, 0.1) is 7.11 Å². The average Bonchev–Trinajstić information content (AvgIpc) is 3.15. The molecule has 0 aromatic heterocycles. The van der Waals surface area contributed by atoms with Crippen molar-refractivity contribution >= 4 is 68.1 Å². The lowest BCUT2D eigenvalue weighted by molar-refractivity contribution is -0.129. The lowest BCUT2D eigenvalue weighted by atomic mass is 10.1. The van der Waals surface area contributed by atoms with E-state index >= 15 is 0 Å². The zero-order valence-corrected chi connectivity index (χ0v) is 21.3. The third kappa shape index (κ3) is 5.16. The molecule has 3 aromatic carbocycles. The Balaban J connectivity index is 1.55. The maximum Gasteiger partial charge on any atom is 0.363 e. The number of methoxy groups -OCH3 is 1. The summed E-state index contributed by atoms with van der Waals surface area (Å²) in [7, 11) is 1.56. The number of cyclic esters (lactones) is 1. The summed E-state index contributed by atoms with van der Waals surface area (Å²) in [6.07, 6.45) is 1.65. The number of benzene rings is 3. The van der Waals surface area contributed by atoms with E-state index in [-0.39, 0.29) is 11.6 Å². The number of hydrogen-bond acceptors (Lipinski definition) is 5. The van der Waals surface area contributed by atoms with Crippen LogP contribution in [0.3, 0.4) is 0 Å². The van der Waals surface area contributed by atoms with Crippen LogP contribution in [-0.4, -0.2) is 19.0 Å². The molecule has 32 heavy (non-hydrogen) atoms. The van der Waals surface area contributed by atoms with Crippen LogP contribution < -0.4 is 9.47 Å². The largest absolute Gasteiger partial charge is 0.493 e. The maximum absolute atomic E-state index is 12.3. The number of carbonyl (C=O) groups excluding carboxylic acids is 1. The van der Waals surface area contributed by atoms with Crippen molar-refractivity contribution in [2.24, 2.45) is 4.99 Å². The van der Waals surface area contributed by atoms with Crippen molar-refractivity contribution in [1.29, 1.82) is 0 Å². The first-order valence-corrected chi connectivity index (χ1v) is 11.7. The van der Waals surface area contributed by atoms with E-state index in [1.165, 1.54) is 0 Å². The molecule has 0 fully saturated rings. The fourth-order valence-corrected chi connectivity index (χ4v) is 3.89. The van der Waals surface area contributed by atoms with Gasteiger partial charge in [-0.15, -0.1) is 0 Å². The zero-order valence-electron chi connectivity index (χ0n) is 16.8. The molecule has 0 bridgehead atoms. The van der Waals surface area contributed by atoms with Crippen molar-refractivity contribution in [2.75, 3.05) is 7.11 Å². The monoisotopic (exact) mass is 623 g/mol. The smallest absolute Gasteiger partial charge is 0.363 e. The molecule has 162 valence electrons. The minimum Gasteiger partial charge on any atom is -0.493 e. The van der Waals surface area contributed by atoms with Gasteiger partial charge in [0.2, 0.25) is 5.90 Å². The number of ether oxygens (including phenoxy) is 3. The molecule has 5 nitrogen and oxygen atoms in total. The van der Waals surface area contributed by atoms with Crippen molar-refractivity contribution in [3.05, 3.63) is 96.1 Å². The highest BCUT2D eigenvalue weighted by Crippen LogP contribution is 2.31. The van der Waals surface area contributed by atoms with Crippen molar-refractivity contribution in [2.45, 2.75) is 6.61 Å². The van der Waals surface area contributed by atoms with E-state index in [1.54, 1.807) is 25.3 Å². The second-order valence-corrected chi connectivity index (χ2v) is 9.18. The molecule has 1 aliphatic heterocycles. The predicted octanol–water partition coefficient (Wildman–Crippen LogP) is 6.64. The molecule has 0 saturated carbocycles. The second-order valence-electron chi connectivity index (χ2n) is 6.76. The molecule has 0 saturated heterocycles. The first-order chi connectivity index (χ1) is 15.4. The topological polar surface area (TPSA) is 57.1 Å². The summed E-state index contributed by atoms with van der Waals surface area (Å²) in [6, 6.07) is 18.5. The highest BCUT2D eigenvalue weighted by atomic mass is 127. The summed E-state index contributed by atoms with van der Waals surface area (Å²) >= 11 is 11.9. The lowest BCUT2D eigenvalue weighted by Crippen LogP contribution is -2.05. The molecule has 0 aliphatic carbocycles. The first kappa shape index (κ1) is 22.8.